The van der Waals surface area contributed by atoms with Crippen LogP contribution in [0.2, 0.25) is 0 Å². The van der Waals surface area contributed by atoms with Gasteiger partial charge in [-0.3, -0.25) is 0 Å². The Labute approximate surface area is 109 Å². The topological polar surface area (TPSA) is 12.0 Å². The van der Waals surface area contributed by atoms with Crippen LogP contribution in [0.5, 0.6) is 0 Å². The van der Waals surface area contributed by atoms with Gasteiger partial charge in [-0.2, -0.15) is 11.8 Å². The molecule has 0 radical (unpaired) electrons. The van der Waals surface area contributed by atoms with E-state index in [1.165, 1.54) is 16.7 Å². The molecule has 1 N–H and O–H groups in total. The van der Waals surface area contributed by atoms with Crippen LogP contribution in [0.4, 0.5) is 0 Å². The van der Waals surface area contributed by atoms with E-state index in [2.05, 4.69) is 58.3 Å². The van der Waals surface area contributed by atoms with Crippen LogP contribution in [-0.2, 0) is 11.2 Å². The first-order valence-electron chi connectivity index (χ1n) is 6.35. The molecular weight excluding hydrogens is 226 g/mol. The van der Waals surface area contributed by atoms with Crippen LogP contribution in [-0.4, -0.2) is 12.3 Å². The van der Waals surface area contributed by atoms with Crippen LogP contribution in [0.3, 0.4) is 0 Å². The molecular formula is C15H23NS. The molecule has 0 bridgehead atoms. The molecule has 2 unspecified atom stereocenters. The number of fused-ring (bicyclic) bond motifs is 1. The van der Waals surface area contributed by atoms with Gasteiger partial charge < -0.3 is 5.32 Å². The van der Waals surface area contributed by atoms with E-state index in [9.17, 15) is 0 Å². The molecule has 2 heteroatoms. The normalized spacial score (nSPS) is 24.5. The summed E-state index contributed by atoms with van der Waals surface area (Å²) in [7, 11) is 2.07. The van der Waals surface area contributed by atoms with Crippen molar-refractivity contribution in [3.05, 3.63) is 34.9 Å². The number of thioether (sulfide) groups is 1. The zero-order valence-electron chi connectivity index (χ0n) is 11.5. The van der Waals surface area contributed by atoms with Gasteiger partial charge in [-0.1, -0.05) is 45.9 Å². The highest BCUT2D eigenvalue weighted by Crippen LogP contribution is 2.39. The molecule has 0 saturated heterocycles. The summed E-state index contributed by atoms with van der Waals surface area (Å²) in [6, 6.07) is 7.51. The zero-order chi connectivity index (χ0) is 12.6. The van der Waals surface area contributed by atoms with Gasteiger partial charge >= 0.3 is 0 Å². The van der Waals surface area contributed by atoms with Crippen molar-refractivity contribution in [2.24, 2.45) is 0 Å². The second kappa shape index (κ2) is 4.66. The Morgan fingerprint density at radius 2 is 2.00 bits per heavy atom. The largest absolute Gasteiger partial charge is 0.312 e. The Morgan fingerprint density at radius 1 is 1.29 bits per heavy atom. The molecule has 0 aliphatic carbocycles. The molecule has 0 amide bonds. The molecule has 1 aromatic rings. The fourth-order valence-corrected chi connectivity index (χ4v) is 3.62. The quantitative estimate of drug-likeness (QED) is 0.810. The Kier molecular flexibility index (Phi) is 3.55. The van der Waals surface area contributed by atoms with E-state index in [1.807, 2.05) is 11.8 Å². The van der Waals surface area contributed by atoms with E-state index < -0.39 is 0 Å². The van der Waals surface area contributed by atoms with Crippen LogP contribution >= 0.6 is 11.8 Å². The summed E-state index contributed by atoms with van der Waals surface area (Å²) in [5, 5.41) is 4.12. The van der Waals surface area contributed by atoms with Crippen LogP contribution < -0.4 is 5.32 Å². The molecule has 17 heavy (non-hydrogen) atoms. The lowest BCUT2D eigenvalue weighted by atomic mass is 9.84. The van der Waals surface area contributed by atoms with E-state index in [1.54, 1.807) is 0 Å². The Hall–Kier alpha value is -0.470. The number of benzene rings is 1. The molecule has 0 spiro atoms. The summed E-state index contributed by atoms with van der Waals surface area (Å²) in [6.07, 6.45) is 0. The molecule has 1 aliphatic rings. The van der Waals surface area contributed by atoms with Gasteiger partial charge in [-0.05, 0) is 29.2 Å². The van der Waals surface area contributed by atoms with Gasteiger partial charge in [0, 0.05) is 17.0 Å². The van der Waals surface area contributed by atoms with Crippen LogP contribution in [0.1, 0.15) is 50.4 Å². The smallest absolute Gasteiger partial charge is 0.0438 e. The van der Waals surface area contributed by atoms with Gasteiger partial charge in [0.2, 0.25) is 0 Å². The molecule has 2 atom stereocenters. The van der Waals surface area contributed by atoms with Crippen molar-refractivity contribution >= 4 is 11.8 Å². The van der Waals surface area contributed by atoms with Crippen molar-refractivity contribution in [3.63, 3.8) is 0 Å². The van der Waals surface area contributed by atoms with E-state index in [4.69, 9.17) is 0 Å². The van der Waals surface area contributed by atoms with Gasteiger partial charge in [0.1, 0.15) is 0 Å². The minimum atomic E-state index is 0.237. The Balaban J connectivity index is 2.45. The minimum absolute atomic E-state index is 0.237. The lowest BCUT2D eigenvalue weighted by Gasteiger charge is -2.32. The molecule has 94 valence electrons. The Morgan fingerprint density at radius 3 is 2.59 bits per heavy atom. The first-order valence-corrected chi connectivity index (χ1v) is 7.40. The molecule has 1 aliphatic heterocycles. The van der Waals surface area contributed by atoms with Crippen molar-refractivity contribution in [1.82, 2.24) is 5.32 Å². The van der Waals surface area contributed by atoms with Gasteiger partial charge in [0.05, 0.1) is 0 Å². The van der Waals surface area contributed by atoms with E-state index >= 15 is 0 Å². The number of hydrogen-bond donors (Lipinski definition) is 1. The summed E-state index contributed by atoms with van der Waals surface area (Å²) < 4.78 is 0. The van der Waals surface area contributed by atoms with Gasteiger partial charge in [0.25, 0.3) is 0 Å². The molecule has 1 heterocycles. The van der Waals surface area contributed by atoms with Crippen molar-refractivity contribution in [2.45, 2.75) is 50.2 Å². The average Bonchev–Trinajstić information content (AvgIpc) is 2.27. The maximum atomic E-state index is 3.47. The van der Waals surface area contributed by atoms with Crippen molar-refractivity contribution in [3.8, 4) is 0 Å². The highest BCUT2D eigenvalue weighted by Gasteiger charge is 2.27. The highest BCUT2D eigenvalue weighted by atomic mass is 32.2. The second-order valence-electron chi connectivity index (χ2n) is 5.95. The standard InChI is InChI=1S/C15H23NS/c1-10-14(16-5)13-8-12(15(2,3)4)7-6-11(13)9-17-10/h6-8,10,14,16H,9H2,1-5H3. The van der Waals surface area contributed by atoms with Crippen molar-refractivity contribution < 1.29 is 0 Å². The SMILES string of the molecule is CNC1c2cc(C(C)(C)C)ccc2CSC1C. The van der Waals surface area contributed by atoms with Gasteiger partial charge in [0.15, 0.2) is 0 Å². The third-order valence-electron chi connectivity index (χ3n) is 3.63. The lowest BCUT2D eigenvalue weighted by molar-refractivity contribution is 0.564. The maximum absolute atomic E-state index is 3.47. The summed E-state index contributed by atoms with van der Waals surface area (Å²) in [4.78, 5) is 0. The van der Waals surface area contributed by atoms with Gasteiger partial charge in [-0.25, -0.2) is 0 Å². The minimum Gasteiger partial charge on any atom is -0.312 e. The third kappa shape index (κ3) is 2.53. The van der Waals surface area contributed by atoms with E-state index in [0.29, 0.717) is 11.3 Å². The maximum Gasteiger partial charge on any atom is 0.0438 e. The first kappa shape index (κ1) is 13.0. The first-order chi connectivity index (χ1) is 7.93. The number of nitrogens with one attached hydrogen (secondary N) is 1. The predicted molar refractivity (Wildman–Crippen MR) is 77.7 cm³/mol. The van der Waals surface area contributed by atoms with Crippen LogP contribution in [0, 0.1) is 0 Å². The highest BCUT2D eigenvalue weighted by molar-refractivity contribution is 7.99. The molecule has 1 aromatic carbocycles. The monoisotopic (exact) mass is 249 g/mol. The zero-order valence-corrected chi connectivity index (χ0v) is 12.3. The van der Waals surface area contributed by atoms with Crippen molar-refractivity contribution in [2.75, 3.05) is 7.05 Å². The van der Waals surface area contributed by atoms with Crippen LogP contribution in [0.15, 0.2) is 18.2 Å². The molecule has 0 aromatic heterocycles. The number of rotatable bonds is 1. The van der Waals surface area contributed by atoms with Gasteiger partial charge in [-0.15, -0.1) is 0 Å². The van der Waals surface area contributed by atoms with E-state index in [-0.39, 0.29) is 5.41 Å². The predicted octanol–water partition coefficient (Wildman–Crippen LogP) is 3.88. The fraction of sp³-hybridized carbons (Fsp3) is 0.600. The second-order valence-corrected chi connectivity index (χ2v) is 7.31. The molecule has 1 nitrogen and oxygen atoms in total. The molecule has 0 saturated carbocycles. The average molecular weight is 249 g/mol. The molecule has 2 rings (SSSR count). The van der Waals surface area contributed by atoms with Crippen LogP contribution in [0.25, 0.3) is 0 Å². The summed E-state index contributed by atoms with van der Waals surface area (Å²) in [6.45, 7) is 9.16. The summed E-state index contributed by atoms with van der Waals surface area (Å²) in [5.74, 6) is 1.15. The summed E-state index contributed by atoms with van der Waals surface area (Å²) >= 11 is 2.04. The lowest BCUT2D eigenvalue weighted by Crippen LogP contribution is -2.29. The van der Waals surface area contributed by atoms with E-state index in [0.717, 1.165) is 5.75 Å². The molecule has 0 fully saturated rings. The third-order valence-corrected chi connectivity index (χ3v) is 4.90. The number of hydrogen-bond acceptors (Lipinski definition) is 2. The fourth-order valence-electron chi connectivity index (χ4n) is 2.44. The summed E-state index contributed by atoms with van der Waals surface area (Å²) in [5.41, 5.74) is 4.68. The Bertz CT molecular complexity index is 406. The van der Waals surface area contributed by atoms with Crippen molar-refractivity contribution in [1.29, 1.82) is 0 Å².